The smallest absolute Gasteiger partial charge is 0.333 e. The summed E-state index contributed by atoms with van der Waals surface area (Å²) < 4.78 is 28.3. The van der Waals surface area contributed by atoms with Gasteiger partial charge in [0.2, 0.25) is 10.2 Å². The van der Waals surface area contributed by atoms with E-state index in [0.717, 1.165) is 83.9 Å². The lowest BCUT2D eigenvalue weighted by Crippen LogP contribution is -2.62. The van der Waals surface area contributed by atoms with Crippen molar-refractivity contribution in [3.05, 3.63) is 106 Å². The SMILES string of the molecule is COCC(=O)O[C@]1(C(=O)SCF)CC[C@H]2[C@@H]3CCC4=Cc5c(cnn5-c5cccc(C(=O)NCCSC)c5)C[C@]4(C)[C@H]3[C@@H](O)C[C@@]21C.CSCCNC(=O)c1cccc(-n2ncc3c2C=C2CC[C@@H]4[C@H]([C@@H](O)C[C@@]5(C)[C@H]4CC[C@]5(O)C(=O)S)[C@@]2(C)C3)c1. The fraction of sp³-hybridized carbons (Fsp3) is 0.591. The lowest BCUT2D eigenvalue weighted by molar-refractivity contribution is -0.198. The molecule has 6 saturated carbocycles. The van der Waals surface area contributed by atoms with Crippen molar-refractivity contribution < 1.29 is 53.2 Å². The number of amides is 2. The van der Waals surface area contributed by atoms with Crippen LogP contribution in [0.4, 0.5) is 4.39 Å². The molecule has 468 valence electrons. The van der Waals surface area contributed by atoms with Gasteiger partial charge in [0.15, 0.2) is 5.60 Å². The first-order valence-corrected chi connectivity index (χ1v) is 34.8. The van der Waals surface area contributed by atoms with Crippen LogP contribution in [0.1, 0.15) is 135 Å². The number of aromatic nitrogens is 4. The van der Waals surface area contributed by atoms with Crippen molar-refractivity contribution in [1.29, 1.82) is 0 Å². The van der Waals surface area contributed by atoms with E-state index in [1.807, 2.05) is 96.6 Å². The Morgan fingerprint density at radius 3 is 1.68 bits per heavy atom. The van der Waals surface area contributed by atoms with Crippen LogP contribution >= 0.6 is 47.9 Å². The number of alkyl halides is 1. The maximum absolute atomic E-state index is 13.6. The fourth-order valence-corrected chi connectivity index (χ4v) is 20.2. The highest BCUT2D eigenvalue weighted by molar-refractivity contribution is 8.13. The number of halogens is 1. The molecule has 2 aromatic heterocycles. The molecule has 21 heteroatoms. The van der Waals surface area contributed by atoms with E-state index in [9.17, 15) is 43.7 Å². The number of hydrogen-bond donors (Lipinski definition) is 6. The summed E-state index contributed by atoms with van der Waals surface area (Å²) in [5.74, 6) is 1.36. The number of carbonyl (C=O) groups is 5. The predicted octanol–water partition coefficient (Wildman–Crippen LogP) is 9.54. The minimum Gasteiger partial charge on any atom is -0.448 e. The Balaban J connectivity index is 0.000000182. The van der Waals surface area contributed by atoms with E-state index < -0.39 is 56.4 Å². The molecule has 87 heavy (non-hydrogen) atoms. The van der Waals surface area contributed by atoms with Crippen LogP contribution in [0.25, 0.3) is 23.5 Å². The third-order valence-corrected chi connectivity index (χ3v) is 24.7. The molecule has 0 spiro atoms. The number of nitrogens with one attached hydrogen (secondary N) is 2. The molecule has 14 atom stereocenters. The van der Waals surface area contributed by atoms with Crippen molar-refractivity contribution in [2.75, 3.05) is 56.8 Å². The molecule has 2 amide bonds. The number of benzene rings is 2. The monoisotopic (exact) mass is 1270 g/mol. The molecular formula is C66H83FN6O10S4. The van der Waals surface area contributed by atoms with Gasteiger partial charge in [-0.3, -0.25) is 19.2 Å². The highest BCUT2D eigenvalue weighted by Crippen LogP contribution is 2.70. The number of thioether (sulfide) groups is 3. The standard InChI is InChI=1S/C35H44FN3O6S2.C31H39N3O4S2/c1-33-16-22-18-38-39(24-7-5-6-21(14-24)31(42)37-12-13-46-4)27(22)15-23(33)8-9-25-26-10-11-35(32(43)47-20-36,45-29(41)19-44-3)34(26,2)17-28(40)30(25)33;1-29-15-19-17-33-34(21-6-4-5-18(13-21)27(36)32-11-12-40-3)24(19)14-20(29)7-8-22-23-9-10-31(38,28(37)39)30(23,2)16-25(35)26(22)29/h5-7,14-15,18,25-26,28,30,40H,8-13,16-17,19-20H2,1-4H3,(H,37,42);4-6,13-14,17,22-23,25-26,35,38H,7-12,15-16H2,1-3H3,(H,32,36)(H,37,39)/t25-,26-,28-,30+,33-,34-,35-;22-,23-,25-,26+,29-,30-,31-/m00/s1. The Morgan fingerprint density at radius 1 is 0.724 bits per heavy atom. The second kappa shape index (κ2) is 24.8. The number of esters is 1. The van der Waals surface area contributed by atoms with E-state index in [1.54, 1.807) is 23.5 Å². The Hall–Kier alpha value is -4.74. The molecule has 12 rings (SSSR count). The molecule has 5 N–H and O–H groups in total. The molecule has 16 nitrogen and oxygen atoms in total. The quantitative estimate of drug-likeness (QED) is 0.0349. The second-order valence-electron chi connectivity index (χ2n) is 26.6. The summed E-state index contributed by atoms with van der Waals surface area (Å²) in [4.78, 5) is 64.2. The zero-order chi connectivity index (χ0) is 62.0. The Labute approximate surface area is 527 Å². The van der Waals surface area contributed by atoms with Gasteiger partial charge < -0.3 is 35.4 Å². The van der Waals surface area contributed by atoms with Gasteiger partial charge in [-0.25, -0.2) is 18.5 Å². The summed E-state index contributed by atoms with van der Waals surface area (Å²) in [6.07, 6.45) is 18.8. The highest BCUT2D eigenvalue weighted by atomic mass is 32.2. The molecule has 8 aliphatic carbocycles. The number of rotatable bonds is 16. The van der Waals surface area contributed by atoms with Gasteiger partial charge in [-0.15, -0.1) is 12.6 Å². The van der Waals surface area contributed by atoms with E-state index in [1.165, 1.54) is 18.3 Å². The number of thiol groups is 1. The Kier molecular flexibility index (Phi) is 18.2. The summed E-state index contributed by atoms with van der Waals surface area (Å²) in [7, 11) is 1.39. The van der Waals surface area contributed by atoms with Gasteiger partial charge >= 0.3 is 5.97 Å². The maximum atomic E-state index is 13.6. The van der Waals surface area contributed by atoms with Crippen LogP contribution in [0.15, 0.2) is 72.1 Å². The second-order valence-corrected chi connectivity index (χ2v) is 29.9. The van der Waals surface area contributed by atoms with Gasteiger partial charge in [0.1, 0.15) is 18.2 Å². The van der Waals surface area contributed by atoms with Crippen LogP contribution in [-0.4, -0.2) is 143 Å². The summed E-state index contributed by atoms with van der Waals surface area (Å²) in [5.41, 5.74) is 4.63. The van der Waals surface area contributed by atoms with Crippen LogP contribution in [0.3, 0.4) is 0 Å². The molecule has 6 fully saturated rings. The lowest BCUT2D eigenvalue weighted by Gasteiger charge is -2.60. The minimum absolute atomic E-state index is 0.0164. The first-order chi connectivity index (χ1) is 41.6. The summed E-state index contributed by atoms with van der Waals surface area (Å²) in [5, 5.41) is 49.6. The first-order valence-electron chi connectivity index (χ1n) is 30.6. The van der Waals surface area contributed by atoms with Crippen molar-refractivity contribution in [3.8, 4) is 11.4 Å². The van der Waals surface area contributed by atoms with E-state index >= 15 is 0 Å². The Bertz CT molecular complexity index is 3410. The largest absolute Gasteiger partial charge is 0.448 e. The third-order valence-electron chi connectivity index (χ3n) is 22.4. The Morgan fingerprint density at radius 2 is 1.21 bits per heavy atom. The number of nitrogens with zero attached hydrogens (tertiary/aromatic N) is 4. The average Bonchev–Trinajstić information content (AvgIpc) is 1.74. The van der Waals surface area contributed by atoms with E-state index in [-0.39, 0.29) is 71.2 Å². The fourth-order valence-electron chi connectivity index (χ4n) is 18.5. The summed E-state index contributed by atoms with van der Waals surface area (Å²) >= 11 is 8.00. The number of carbonyl (C=O) groups excluding carboxylic acids is 5. The van der Waals surface area contributed by atoms with Crippen molar-refractivity contribution in [2.24, 2.45) is 57.2 Å². The normalized spacial score (nSPS) is 34.1. The van der Waals surface area contributed by atoms with Gasteiger partial charge in [-0.1, -0.05) is 51.0 Å². The number of fused-ring (bicyclic) bond motifs is 12. The van der Waals surface area contributed by atoms with Crippen molar-refractivity contribution in [1.82, 2.24) is 30.2 Å². The van der Waals surface area contributed by atoms with Crippen molar-refractivity contribution >= 4 is 88.1 Å². The van der Waals surface area contributed by atoms with Gasteiger partial charge in [0, 0.05) is 53.7 Å². The molecule has 2 aromatic carbocycles. The van der Waals surface area contributed by atoms with Gasteiger partial charge in [-0.2, -0.15) is 33.7 Å². The molecule has 2 heterocycles. The number of ether oxygens (including phenoxy) is 2. The van der Waals surface area contributed by atoms with Crippen LogP contribution in [0.5, 0.6) is 0 Å². The average molecular weight is 1270 g/mol. The van der Waals surface area contributed by atoms with Gasteiger partial charge in [0.25, 0.3) is 11.8 Å². The number of aliphatic hydroxyl groups excluding tert-OH is 2. The molecule has 0 bridgehead atoms. The van der Waals surface area contributed by atoms with Crippen LogP contribution in [0.2, 0.25) is 0 Å². The summed E-state index contributed by atoms with van der Waals surface area (Å²) in [6, 6.07) is 14.2. The lowest BCUT2D eigenvalue weighted by atomic mass is 9.45. The van der Waals surface area contributed by atoms with Gasteiger partial charge in [-0.05, 0) is 207 Å². The molecule has 4 aromatic rings. The number of aliphatic hydroxyl groups is 3. The van der Waals surface area contributed by atoms with E-state index in [2.05, 4.69) is 49.3 Å². The third kappa shape index (κ3) is 10.7. The number of hydrogen-bond acceptors (Lipinski definition) is 15. The minimum atomic E-state index is -1.52. The molecule has 8 aliphatic rings. The molecule has 0 saturated heterocycles. The molecular weight excluding hydrogens is 1180 g/mol. The van der Waals surface area contributed by atoms with Crippen molar-refractivity contribution in [3.63, 3.8) is 0 Å². The topological polar surface area (TPSA) is 224 Å². The predicted molar refractivity (Wildman–Crippen MR) is 342 cm³/mol. The zero-order valence-corrected chi connectivity index (χ0v) is 54.2. The van der Waals surface area contributed by atoms with E-state index in [4.69, 9.17) is 19.7 Å². The number of allylic oxidation sites excluding steroid dienone is 2. The van der Waals surface area contributed by atoms with Crippen molar-refractivity contribution in [2.45, 2.75) is 128 Å². The highest BCUT2D eigenvalue weighted by Gasteiger charge is 2.71. The van der Waals surface area contributed by atoms with Crippen LogP contribution in [-0.2, 0) is 36.7 Å². The maximum Gasteiger partial charge on any atom is 0.333 e. The molecule has 0 unspecified atom stereocenters. The van der Waals surface area contributed by atoms with Gasteiger partial charge in [0.05, 0.1) is 47.4 Å². The number of methoxy groups -OCH3 is 1. The van der Waals surface area contributed by atoms with Crippen LogP contribution in [0, 0.1) is 57.2 Å². The molecule has 0 aliphatic heterocycles. The summed E-state index contributed by atoms with van der Waals surface area (Å²) in [6.45, 7) is 9.40. The first kappa shape index (κ1) is 63.8. The zero-order valence-electron chi connectivity index (χ0n) is 50.8. The van der Waals surface area contributed by atoms with E-state index in [0.29, 0.717) is 68.1 Å². The van der Waals surface area contributed by atoms with Crippen LogP contribution < -0.4 is 10.6 Å². The molecule has 0 radical (unpaired) electrons.